The van der Waals surface area contributed by atoms with E-state index in [1.54, 1.807) is 12.1 Å². The highest BCUT2D eigenvalue weighted by Gasteiger charge is 2.24. The number of quaternary nitrogens is 1. The Morgan fingerprint density at radius 2 is 1.86 bits per heavy atom. The Kier molecular flexibility index (Phi) is 6.66. The molecule has 0 saturated heterocycles. The number of nitrogens with one attached hydrogen (secondary N) is 2. The average molecular weight is 415 g/mol. The number of thioether (sulfide) groups is 1. The lowest BCUT2D eigenvalue weighted by Crippen LogP contribution is -3.05. The zero-order chi connectivity index (χ0) is 21.0. The van der Waals surface area contributed by atoms with E-state index in [1.807, 2.05) is 49.9 Å². The second-order valence-electron chi connectivity index (χ2n) is 7.10. The molecular formula is C21H25FN5OS+. The molecule has 0 aliphatic carbocycles. The van der Waals surface area contributed by atoms with Crippen molar-refractivity contribution in [3.8, 4) is 5.69 Å². The van der Waals surface area contributed by atoms with Crippen LogP contribution < -0.4 is 10.2 Å². The van der Waals surface area contributed by atoms with E-state index in [9.17, 15) is 9.18 Å². The number of carbonyl (C=O) groups is 1. The Bertz CT molecular complexity index is 987. The summed E-state index contributed by atoms with van der Waals surface area (Å²) in [5, 5.41) is 12.2. The third kappa shape index (κ3) is 5.02. The number of hydrogen-bond acceptors (Lipinski definition) is 4. The highest BCUT2D eigenvalue weighted by molar-refractivity contribution is 7.99. The van der Waals surface area contributed by atoms with Gasteiger partial charge in [-0.15, -0.1) is 10.2 Å². The van der Waals surface area contributed by atoms with Crippen LogP contribution in [0.4, 0.5) is 10.1 Å². The molecule has 1 aromatic heterocycles. The normalized spacial score (nSPS) is 12.2. The van der Waals surface area contributed by atoms with Crippen molar-refractivity contribution in [2.45, 2.75) is 25.0 Å². The number of aromatic nitrogens is 3. The van der Waals surface area contributed by atoms with Gasteiger partial charge < -0.3 is 10.2 Å². The maximum absolute atomic E-state index is 13.4. The summed E-state index contributed by atoms with van der Waals surface area (Å²) >= 11 is 1.30. The van der Waals surface area contributed by atoms with Crippen molar-refractivity contribution in [2.75, 3.05) is 25.2 Å². The number of anilines is 1. The van der Waals surface area contributed by atoms with Crippen LogP contribution in [0.1, 0.15) is 24.4 Å². The fourth-order valence-electron chi connectivity index (χ4n) is 2.78. The molecule has 0 bridgehead atoms. The van der Waals surface area contributed by atoms with Gasteiger partial charge in [-0.25, -0.2) is 4.39 Å². The van der Waals surface area contributed by atoms with Crippen LogP contribution in [0.25, 0.3) is 5.69 Å². The van der Waals surface area contributed by atoms with Crippen LogP contribution in [-0.4, -0.2) is 40.5 Å². The number of para-hydroxylation sites is 1. The molecule has 0 spiro atoms. The molecule has 2 aromatic carbocycles. The number of halogens is 1. The molecule has 0 fully saturated rings. The van der Waals surface area contributed by atoms with Crippen molar-refractivity contribution in [1.29, 1.82) is 0 Å². The first-order chi connectivity index (χ1) is 13.9. The summed E-state index contributed by atoms with van der Waals surface area (Å²) in [4.78, 5) is 13.6. The highest BCUT2D eigenvalue weighted by Crippen LogP contribution is 2.25. The Labute approximate surface area is 174 Å². The van der Waals surface area contributed by atoms with E-state index in [4.69, 9.17) is 0 Å². The van der Waals surface area contributed by atoms with Gasteiger partial charge in [0.05, 0.1) is 19.8 Å². The van der Waals surface area contributed by atoms with Crippen LogP contribution in [0.5, 0.6) is 0 Å². The van der Waals surface area contributed by atoms with Gasteiger partial charge in [0, 0.05) is 11.4 Å². The Hall–Kier alpha value is -2.71. The Morgan fingerprint density at radius 3 is 2.52 bits per heavy atom. The minimum Gasteiger partial charge on any atom is -0.331 e. The number of aryl methyl sites for hydroxylation is 1. The summed E-state index contributed by atoms with van der Waals surface area (Å²) < 4.78 is 15.3. The van der Waals surface area contributed by atoms with Crippen LogP contribution in [0.2, 0.25) is 0 Å². The van der Waals surface area contributed by atoms with Crippen LogP contribution in [-0.2, 0) is 4.79 Å². The summed E-state index contributed by atoms with van der Waals surface area (Å²) in [7, 11) is 4.08. The molecule has 6 nitrogen and oxygen atoms in total. The molecule has 1 heterocycles. The fraction of sp³-hybridized carbons (Fsp3) is 0.286. The van der Waals surface area contributed by atoms with Crippen molar-refractivity contribution in [1.82, 2.24) is 14.8 Å². The van der Waals surface area contributed by atoms with E-state index >= 15 is 0 Å². The summed E-state index contributed by atoms with van der Waals surface area (Å²) in [5.41, 5.74) is 2.57. The van der Waals surface area contributed by atoms with E-state index in [1.165, 1.54) is 28.8 Å². The van der Waals surface area contributed by atoms with Crippen molar-refractivity contribution < 1.29 is 14.1 Å². The zero-order valence-electron chi connectivity index (χ0n) is 16.9. The predicted octanol–water partition coefficient (Wildman–Crippen LogP) is 2.65. The molecule has 152 valence electrons. The minimum atomic E-state index is -0.304. The first-order valence-electron chi connectivity index (χ1n) is 9.36. The molecule has 8 heteroatoms. The first-order valence-corrected chi connectivity index (χ1v) is 10.3. The smallest absolute Gasteiger partial charge is 0.234 e. The van der Waals surface area contributed by atoms with Crippen molar-refractivity contribution in [3.05, 3.63) is 65.7 Å². The van der Waals surface area contributed by atoms with Crippen molar-refractivity contribution in [3.63, 3.8) is 0 Å². The third-order valence-electron chi connectivity index (χ3n) is 4.75. The molecule has 29 heavy (non-hydrogen) atoms. The molecule has 0 aliphatic heterocycles. The van der Waals surface area contributed by atoms with Crippen molar-refractivity contribution >= 4 is 23.4 Å². The van der Waals surface area contributed by atoms with E-state index < -0.39 is 0 Å². The first kappa shape index (κ1) is 21.0. The van der Waals surface area contributed by atoms with Crippen LogP contribution in [0.15, 0.2) is 53.7 Å². The fourth-order valence-corrected chi connectivity index (χ4v) is 3.53. The Morgan fingerprint density at radius 1 is 1.17 bits per heavy atom. The van der Waals surface area contributed by atoms with Gasteiger partial charge in [-0.1, -0.05) is 30.0 Å². The van der Waals surface area contributed by atoms with Gasteiger partial charge >= 0.3 is 0 Å². The van der Waals surface area contributed by atoms with Gasteiger partial charge in [-0.3, -0.25) is 9.36 Å². The minimum absolute atomic E-state index is 0.0719. The summed E-state index contributed by atoms with van der Waals surface area (Å²) in [5.74, 6) is 0.530. The second kappa shape index (κ2) is 9.19. The maximum Gasteiger partial charge on any atom is 0.234 e. The van der Waals surface area contributed by atoms with Crippen molar-refractivity contribution in [2.24, 2.45) is 0 Å². The second-order valence-corrected chi connectivity index (χ2v) is 8.05. The molecule has 3 aromatic rings. The van der Waals surface area contributed by atoms with Gasteiger partial charge in [0.15, 0.2) is 11.0 Å². The van der Waals surface area contributed by atoms with Gasteiger partial charge in [0.25, 0.3) is 0 Å². The standard InChI is InChI=1S/C21H24FN5OS/c1-14-7-5-6-8-18(14)23-19(28)13-29-21-25-24-20(15(2)26(3)4)27(21)17-11-9-16(22)10-12-17/h5-12,15H,13H2,1-4H3,(H,23,28)/p+1/t15-/m1/s1. The quantitative estimate of drug-likeness (QED) is 0.584. The lowest BCUT2D eigenvalue weighted by Gasteiger charge is -2.18. The number of amides is 1. The lowest BCUT2D eigenvalue weighted by molar-refractivity contribution is -0.890. The third-order valence-corrected chi connectivity index (χ3v) is 5.68. The summed E-state index contributed by atoms with van der Waals surface area (Å²) in [6.07, 6.45) is 0. The SMILES string of the molecule is Cc1ccccc1NC(=O)CSc1nnc([C@@H](C)[NH+](C)C)n1-c1ccc(F)cc1. The van der Waals surface area contributed by atoms with E-state index in [-0.39, 0.29) is 23.5 Å². The van der Waals surface area contributed by atoms with E-state index in [0.717, 1.165) is 22.8 Å². The van der Waals surface area contributed by atoms with Crippen LogP contribution in [0.3, 0.4) is 0 Å². The van der Waals surface area contributed by atoms with Gasteiger partial charge in [-0.05, 0) is 49.7 Å². The topological polar surface area (TPSA) is 64.2 Å². The maximum atomic E-state index is 13.4. The molecule has 0 aliphatic rings. The number of hydrogen-bond donors (Lipinski definition) is 2. The summed E-state index contributed by atoms with van der Waals surface area (Å²) in [6, 6.07) is 13.9. The van der Waals surface area contributed by atoms with Gasteiger partial charge in [0.1, 0.15) is 11.9 Å². The number of carbonyl (C=O) groups excluding carboxylic acids is 1. The Balaban J connectivity index is 1.82. The van der Waals surface area contributed by atoms with Gasteiger partial charge in [-0.2, -0.15) is 0 Å². The summed E-state index contributed by atoms with van der Waals surface area (Å²) in [6.45, 7) is 4.00. The predicted molar refractivity (Wildman–Crippen MR) is 113 cm³/mol. The number of benzene rings is 2. The number of nitrogens with zero attached hydrogens (tertiary/aromatic N) is 3. The molecule has 0 radical (unpaired) electrons. The van der Waals surface area contributed by atoms with Crippen LogP contribution >= 0.6 is 11.8 Å². The molecule has 0 saturated carbocycles. The molecule has 1 atom stereocenters. The van der Waals surface area contributed by atoms with Crippen LogP contribution in [0, 0.1) is 12.7 Å². The molecule has 3 rings (SSSR count). The molecular weight excluding hydrogens is 389 g/mol. The van der Waals surface area contributed by atoms with E-state index in [0.29, 0.717) is 5.16 Å². The largest absolute Gasteiger partial charge is 0.331 e. The average Bonchev–Trinajstić information content (AvgIpc) is 3.12. The number of rotatable bonds is 7. The highest BCUT2D eigenvalue weighted by atomic mass is 32.2. The van der Waals surface area contributed by atoms with E-state index in [2.05, 4.69) is 22.4 Å². The molecule has 2 N–H and O–H groups in total. The zero-order valence-corrected chi connectivity index (χ0v) is 17.8. The molecule has 0 unspecified atom stereocenters. The lowest BCUT2D eigenvalue weighted by atomic mass is 10.2. The molecule has 1 amide bonds. The monoisotopic (exact) mass is 414 g/mol. The van der Waals surface area contributed by atoms with Gasteiger partial charge in [0.2, 0.25) is 5.91 Å².